The lowest BCUT2D eigenvalue weighted by Gasteiger charge is -2.27. The van der Waals surface area contributed by atoms with Gasteiger partial charge in [0.25, 0.3) is 0 Å². The Morgan fingerprint density at radius 1 is 1.44 bits per heavy atom. The number of methoxy groups -OCH3 is 1. The Hall–Kier alpha value is -1.14. The molecular formula is C12H16ClNO4. The number of benzene rings is 1. The summed E-state index contributed by atoms with van der Waals surface area (Å²) in [6, 6.07) is 6.44. The Morgan fingerprint density at radius 3 is 2.50 bits per heavy atom. The van der Waals surface area contributed by atoms with E-state index in [1.807, 2.05) is 0 Å². The van der Waals surface area contributed by atoms with Gasteiger partial charge in [0, 0.05) is 19.1 Å². The number of carbonyl (C=O) groups excluding carboxylic acids is 1. The van der Waals surface area contributed by atoms with Gasteiger partial charge in [-0.2, -0.15) is 0 Å². The molecule has 0 fully saturated rings. The molecule has 1 aromatic rings. The predicted molar refractivity (Wildman–Crippen MR) is 66.8 cm³/mol. The van der Waals surface area contributed by atoms with Crippen molar-refractivity contribution in [3.05, 3.63) is 34.9 Å². The summed E-state index contributed by atoms with van der Waals surface area (Å²) >= 11 is 5.80. The molecule has 0 heterocycles. The molecule has 0 spiro atoms. The fourth-order valence-electron chi connectivity index (χ4n) is 1.52. The summed E-state index contributed by atoms with van der Waals surface area (Å²) in [6.45, 7) is 1.14. The minimum atomic E-state index is -0.494. The zero-order valence-corrected chi connectivity index (χ0v) is 11.1. The maximum Gasteiger partial charge on any atom is 0.322 e. The van der Waals surface area contributed by atoms with Crippen LogP contribution in [-0.4, -0.2) is 36.6 Å². The van der Waals surface area contributed by atoms with Crippen LogP contribution in [0.25, 0.3) is 0 Å². The topological polar surface area (TPSA) is 59.0 Å². The molecule has 0 aliphatic heterocycles. The molecule has 0 aliphatic rings. The van der Waals surface area contributed by atoms with Crippen molar-refractivity contribution >= 4 is 17.6 Å². The molecule has 6 heteroatoms. The molecule has 0 aromatic heterocycles. The van der Waals surface area contributed by atoms with E-state index in [1.54, 1.807) is 24.3 Å². The van der Waals surface area contributed by atoms with Crippen molar-refractivity contribution in [2.24, 2.45) is 0 Å². The highest BCUT2D eigenvalue weighted by Crippen LogP contribution is 2.22. The van der Waals surface area contributed by atoms with E-state index in [2.05, 4.69) is 0 Å². The number of carbonyl (C=O) groups is 1. The van der Waals surface area contributed by atoms with Crippen molar-refractivity contribution in [3.8, 4) is 0 Å². The van der Waals surface area contributed by atoms with Crippen LogP contribution >= 0.6 is 11.6 Å². The van der Waals surface area contributed by atoms with Gasteiger partial charge in [0.2, 0.25) is 0 Å². The van der Waals surface area contributed by atoms with Gasteiger partial charge >= 0.3 is 5.97 Å². The highest BCUT2D eigenvalue weighted by molar-refractivity contribution is 6.30. The van der Waals surface area contributed by atoms with Crippen LogP contribution in [0.2, 0.25) is 5.02 Å². The van der Waals surface area contributed by atoms with E-state index in [-0.39, 0.29) is 13.3 Å². The first-order valence-electron chi connectivity index (χ1n) is 5.39. The normalized spacial score (nSPS) is 12.5. The van der Waals surface area contributed by atoms with Gasteiger partial charge in [-0.05, 0) is 17.7 Å². The molecule has 0 aliphatic carbocycles. The van der Waals surface area contributed by atoms with Crippen molar-refractivity contribution in [2.45, 2.75) is 13.0 Å². The molecule has 1 rings (SSSR count). The molecule has 1 unspecified atom stereocenters. The Bertz CT molecular complexity index is 382. The van der Waals surface area contributed by atoms with E-state index in [9.17, 15) is 9.90 Å². The highest BCUT2D eigenvalue weighted by atomic mass is 35.5. The van der Waals surface area contributed by atoms with E-state index >= 15 is 0 Å². The van der Waals surface area contributed by atoms with Crippen LogP contribution < -0.4 is 0 Å². The molecular weight excluding hydrogens is 258 g/mol. The molecule has 0 bridgehead atoms. The second-order valence-electron chi connectivity index (χ2n) is 3.67. The summed E-state index contributed by atoms with van der Waals surface area (Å²) in [7, 11) is 1.48. The molecule has 1 aromatic carbocycles. The quantitative estimate of drug-likeness (QED) is 0.632. The first-order chi connectivity index (χ1) is 8.58. The second-order valence-corrected chi connectivity index (χ2v) is 4.10. The fourth-order valence-corrected chi connectivity index (χ4v) is 1.65. The number of hydrogen-bond acceptors (Lipinski definition) is 5. The number of ether oxygens (including phenoxy) is 1. The molecule has 0 amide bonds. The summed E-state index contributed by atoms with van der Waals surface area (Å²) in [4.78, 5) is 16.0. The van der Waals surface area contributed by atoms with Gasteiger partial charge in [-0.3, -0.25) is 4.79 Å². The average Bonchev–Trinajstić information content (AvgIpc) is 2.32. The SMILES string of the molecule is COCN(OC(C)=O)C(CO)c1ccc(Cl)cc1. The van der Waals surface area contributed by atoms with E-state index in [1.165, 1.54) is 19.1 Å². The molecule has 0 saturated carbocycles. The van der Waals surface area contributed by atoms with Crippen LogP contribution in [0.1, 0.15) is 18.5 Å². The third kappa shape index (κ3) is 4.27. The third-order valence-electron chi connectivity index (χ3n) is 2.28. The first kappa shape index (κ1) is 14.9. The number of hydroxylamine groups is 2. The van der Waals surface area contributed by atoms with Crippen molar-refractivity contribution in [3.63, 3.8) is 0 Å². The monoisotopic (exact) mass is 273 g/mol. The van der Waals surface area contributed by atoms with Gasteiger partial charge in [-0.1, -0.05) is 23.7 Å². The maximum atomic E-state index is 11.0. The van der Waals surface area contributed by atoms with Crippen molar-refractivity contribution < 1.29 is 19.5 Å². The predicted octanol–water partition coefficient (Wildman–Crippen LogP) is 1.76. The summed E-state index contributed by atoms with van der Waals surface area (Å²) in [5.41, 5.74) is 0.778. The number of aliphatic hydroxyl groups is 1. The smallest absolute Gasteiger partial charge is 0.322 e. The zero-order chi connectivity index (χ0) is 13.5. The average molecular weight is 274 g/mol. The standard InChI is InChI=1S/C12H16ClNO4/c1-9(16)18-14(8-17-2)12(7-15)10-3-5-11(13)6-4-10/h3-6,12,15H,7-8H2,1-2H3. The van der Waals surface area contributed by atoms with Crippen LogP contribution in [0.3, 0.4) is 0 Å². The number of hydrogen-bond donors (Lipinski definition) is 1. The molecule has 0 radical (unpaired) electrons. The lowest BCUT2D eigenvalue weighted by Crippen LogP contribution is -2.34. The maximum absolute atomic E-state index is 11.0. The fraction of sp³-hybridized carbons (Fsp3) is 0.417. The van der Waals surface area contributed by atoms with Crippen LogP contribution in [0.4, 0.5) is 0 Å². The van der Waals surface area contributed by atoms with Crippen LogP contribution in [-0.2, 0) is 14.4 Å². The van der Waals surface area contributed by atoms with E-state index in [0.717, 1.165) is 5.56 Å². The van der Waals surface area contributed by atoms with E-state index in [0.29, 0.717) is 5.02 Å². The third-order valence-corrected chi connectivity index (χ3v) is 2.53. The number of aliphatic hydroxyl groups excluding tert-OH is 1. The van der Waals surface area contributed by atoms with Gasteiger partial charge in [0.1, 0.15) is 6.73 Å². The minimum absolute atomic E-state index is 0.0629. The van der Waals surface area contributed by atoms with Gasteiger partial charge in [0.15, 0.2) is 0 Å². The Labute approximate surface area is 111 Å². The van der Waals surface area contributed by atoms with Crippen molar-refractivity contribution in [2.75, 3.05) is 20.4 Å². The second kappa shape index (κ2) is 7.33. The number of nitrogens with zero attached hydrogens (tertiary/aromatic N) is 1. The molecule has 1 atom stereocenters. The Balaban J connectivity index is 2.89. The first-order valence-corrected chi connectivity index (χ1v) is 5.76. The van der Waals surface area contributed by atoms with Crippen molar-refractivity contribution in [1.82, 2.24) is 5.06 Å². The molecule has 5 nitrogen and oxygen atoms in total. The van der Waals surface area contributed by atoms with Crippen molar-refractivity contribution in [1.29, 1.82) is 0 Å². The Kier molecular flexibility index (Phi) is 6.07. The lowest BCUT2D eigenvalue weighted by molar-refractivity contribution is -0.228. The lowest BCUT2D eigenvalue weighted by atomic mass is 10.1. The Morgan fingerprint density at radius 2 is 2.06 bits per heavy atom. The van der Waals surface area contributed by atoms with Crippen LogP contribution in [0, 0.1) is 0 Å². The van der Waals surface area contributed by atoms with E-state index in [4.69, 9.17) is 21.2 Å². The zero-order valence-electron chi connectivity index (χ0n) is 10.3. The molecule has 1 N–H and O–H groups in total. The minimum Gasteiger partial charge on any atom is -0.394 e. The van der Waals surface area contributed by atoms with Crippen LogP contribution in [0.15, 0.2) is 24.3 Å². The molecule has 18 heavy (non-hydrogen) atoms. The summed E-state index contributed by atoms with van der Waals surface area (Å²) in [5.74, 6) is -0.473. The van der Waals surface area contributed by atoms with Gasteiger partial charge < -0.3 is 14.7 Å². The summed E-state index contributed by atoms with van der Waals surface area (Å²) in [5, 5.41) is 11.3. The summed E-state index contributed by atoms with van der Waals surface area (Å²) < 4.78 is 4.94. The number of rotatable bonds is 6. The number of halogens is 1. The van der Waals surface area contributed by atoms with E-state index < -0.39 is 12.0 Å². The molecule has 100 valence electrons. The van der Waals surface area contributed by atoms with Crippen LogP contribution in [0.5, 0.6) is 0 Å². The largest absolute Gasteiger partial charge is 0.394 e. The van der Waals surface area contributed by atoms with Gasteiger partial charge in [-0.25, -0.2) is 0 Å². The molecule has 0 saturated heterocycles. The van der Waals surface area contributed by atoms with Gasteiger partial charge in [-0.15, -0.1) is 5.06 Å². The summed E-state index contributed by atoms with van der Waals surface area (Å²) in [6.07, 6.45) is 0. The van der Waals surface area contributed by atoms with Gasteiger partial charge in [0.05, 0.1) is 12.6 Å². The highest BCUT2D eigenvalue weighted by Gasteiger charge is 2.22.